The second kappa shape index (κ2) is 23.0. The summed E-state index contributed by atoms with van der Waals surface area (Å²) in [5, 5.41) is 8.42. The molecule has 0 fully saturated rings. The molecule has 0 aliphatic heterocycles. The minimum atomic E-state index is -0.935. The number of unbranched alkanes of at least 4 members (excludes halogenated alkanes) is 11. The maximum atomic E-state index is 10.3. The van der Waals surface area contributed by atoms with E-state index in [1.165, 1.54) is 83.1 Å². The average molecular weight is 385 g/mol. The summed E-state index contributed by atoms with van der Waals surface area (Å²) < 4.78 is 0. The summed E-state index contributed by atoms with van der Waals surface area (Å²) in [4.78, 5) is 10.3. The van der Waals surface area contributed by atoms with Crippen molar-refractivity contribution in [2.24, 2.45) is 0 Å². The molecule has 0 bridgehead atoms. The largest absolute Gasteiger partial charge is 0.478 e. The van der Waals surface area contributed by atoms with Crippen LogP contribution < -0.4 is 0 Å². The molecule has 2 nitrogen and oxygen atoms in total. The number of hydrogen-bond acceptors (Lipinski definition) is 1. The number of rotatable bonds is 18. The molecule has 0 amide bonds. The Balaban J connectivity index is 3.46. The fraction of sp³-hybridized carbons (Fsp3) is 0.500. The second-order valence-corrected chi connectivity index (χ2v) is 6.99. The molecule has 0 heterocycles. The van der Waals surface area contributed by atoms with Gasteiger partial charge in [-0.3, -0.25) is 0 Å². The van der Waals surface area contributed by atoms with Crippen LogP contribution in [0.1, 0.15) is 84.0 Å². The number of carboxylic acids is 1. The third-order valence-corrected chi connectivity index (χ3v) is 4.35. The zero-order valence-electron chi connectivity index (χ0n) is 17.8. The van der Waals surface area contributed by atoms with Gasteiger partial charge in [0.15, 0.2) is 0 Å². The van der Waals surface area contributed by atoms with E-state index < -0.39 is 5.97 Å². The van der Waals surface area contributed by atoms with Crippen LogP contribution in [0.5, 0.6) is 0 Å². The number of carbonyl (C=O) groups is 1. The first-order valence-corrected chi connectivity index (χ1v) is 11.0. The van der Waals surface area contributed by atoms with Gasteiger partial charge in [-0.2, -0.15) is 0 Å². The van der Waals surface area contributed by atoms with Gasteiger partial charge in [-0.15, -0.1) is 0 Å². The van der Waals surface area contributed by atoms with Gasteiger partial charge in [-0.05, 0) is 12.8 Å². The van der Waals surface area contributed by atoms with Crippen LogP contribution in [0.2, 0.25) is 0 Å². The average Bonchev–Trinajstić information content (AvgIpc) is 2.68. The highest BCUT2D eigenvalue weighted by molar-refractivity contribution is 5.80. The Labute approximate surface area is 173 Å². The van der Waals surface area contributed by atoms with Crippen molar-refractivity contribution in [2.45, 2.75) is 84.0 Å². The van der Waals surface area contributed by atoms with Crippen molar-refractivity contribution in [2.75, 3.05) is 0 Å². The van der Waals surface area contributed by atoms with E-state index in [9.17, 15) is 4.79 Å². The molecule has 0 radical (unpaired) electrons. The molecule has 1 N–H and O–H groups in total. The summed E-state index contributed by atoms with van der Waals surface area (Å²) in [6.07, 6.45) is 38.7. The van der Waals surface area contributed by atoms with Crippen LogP contribution in [0, 0.1) is 0 Å². The molecule has 0 aromatic rings. The SMILES string of the molecule is CCCCCCCCCCCCC/C=C/C=C/C=C/C=C/C=C/C=C/C(=O)O. The molecule has 156 valence electrons. The maximum absolute atomic E-state index is 10.3. The maximum Gasteiger partial charge on any atom is 0.328 e. The van der Waals surface area contributed by atoms with Crippen molar-refractivity contribution in [1.29, 1.82) is 0 Å². The van der Waals surface area contributed by atoms with Crippen LogP contribution in [-0.4, -0.2) is 11.1 Å². The highest BCUT2D eigenvalue weighted by atomic mass is 16.4. The second-order valence-electron chi connectivity index (χ2n) is 6.99. The summed E-state index contributed by atoms with van der Waals surface area (Å²) in [5.41, 5.74) is 0. The standard InChI is InChI=1S/C26H40O2/c1-2-3-4-5-6-7-8-9-10-11-12-13-14-15-16-17-18-19-20-21-22-23-24-25-26(27)28/h14-25H,2-13H2,1H3,(H,27,28)/b15-14+,17-16+,19-18+,21-20+,23-22+,25-24+. The van der Waals surface area contributed by atoms with E-state index in [1.807, 2.05) is 36.5 Å². The Hall–Kier alpha value is -2.09. The van der Waals surface area contributed by atoms with E-state index >= 15 is 0 Å². The van der Waals surface area contributed by atoms with Crippen molar-refractivity contribution < 1.29 is 9.90 Å². The third kappa shape index (κ3) is 23.9. The molecule has 0 aromatic heterocycles. The Morgan fingerprint density at radius 1 is 0.571 bits per heavy atom. The Morgan fingerprint density at radius 2 is 0.964 bits per heavy atom. The minimum absolute atomic E-state index is 0.935. The van der Waals surface area contributed by atoms with E-state index in [2.05, 4.69) is 19.1 Å². The lowest BCUT2D eigenvalue weighted by molar-refractivity contribution is -0.131. The molecule has 0 aromatic carbocycles. The number of hydrogen-bond donors (Lipinski definition) is 1. The van der Waals surface area contributed by atoms with Gasteiger partial charge in [0.2, 0.25) is 0 Å². The lowest BCUT2D eigenvalue weighted by Crippen LogP contribution is -1.84. The molecule has 28 heavy (non-hydrogen) atoms. The van der Waals surface area contributed by atoms with Gasteiger partial charge in [0, 0.05) is 6.08 Å². The third-order valence-electron chi connectivity index (χ3n) is 4.35. The van der Waals surface area contributed by atoms with E-state index in [-0.39, 0.29) is 0 Å². The van der Waals surface area contributed by atoms with Crippen LogP contribution >= 0.6 is 0 Å². The lowest BCUT2D eigenvalue weighted by atomic mass is 10.1. The van der Waals surface area contributed by atoms with Crippen molar-refractivity contribution in [3.8, 4) is 0 Å². The van der Waals surface area contributed by atoms with Crippen molar-refractivity contribution in [1.82, 2.24) is 0 Å². The van der Waals surface area contributed by atoms with Gasteiger partial charge >= 0.3 is 5.97 Å². The van der Waals surface area contributed by atoms with Crippen molar-refractivity contribution in [3.05, 3.63) is 72.9 Å². The summed E-state index contributed by atoms with van der Waals surface area (Å²) >= 11 is 0. The quantitative estimate of drug-likeness (QED) is 0.147. The van der Waals surface area contributed by atoms with Crippen molar-refractivity contribution >= 4 is 5.97 Å². The van der Waals surface area contributed by atoms with Crippen molar-refractivity contribution in [3.63, 3.8) is 0 Å². The fourth-order valence-corrected chi connectivity index (χ4v) is 2.75. The summed E-state index contributed by atoms with van der Waals surface area (Å²) in [5.74, 6) is -0.935. The van der Waals surface area contributed by atoms with Crippen LogP contribution in [0.25, 0.3) is 0 Å². The first-order chi connectivity index (χ1) is 13.8. The van der Waals surface area contributed by atoms with Gasteiger partial charge in [-0.25, -0.2) is 4.79 Å². The first kappa shape index (κ1) is 25.9. The van der Waals surface area contributed by atoms with Gasteiger partial charge < -0.3 is 5.11 Å². The molecule has 0 aliphatic carbocycles. The molecule has 0 rings (SSSR count). The predicted molar refractivity (Wildman–Crippen MR) is 124 cm³/mol. The van der Waals surface area contributed by atoms with Crippen LogP contribution in [0.15, 0.2) is 72.9 Å². The Morgan fingerprint density at radius 3 is 1.43 bits per heavy atom. The first-order valence-electron chi connectivity index (χ1n) is 11.0. The van der Waals surface area contributed by atoms with Gasteiger partial charge in [0.05, 0.1) is 0 Å². The van der Waals surface area contributed by atoms with E-state index in [0.717, 1.165) is 6.08 Å². The molecule has 0 saturated heterocycles. The smallest absolute Gasteiger partial charge is 0.328 e. The number of carboxylic acid groups (broad SMARTS) is 1. The van der Waals surface area contributed by atoms with Crippen LogP contribution in [0.3, 0.4) is 0 Å². The lowest BCUT2D eigenvalue weighted by Gasteiger charge is -2.01. The molecule has 2 heteroatoms. The Bertz CT molecular complexity index is 519. The monoisotopic (exact) mass is 384 g/mol. The van der Waals surface area contributed by atoms with Gasteiger partial charge in [-0.1, -0.05) is 138 Å². The van der Waals surface area contributed by atoms with E-state index in [4.69, 9.17) is 5.11 Å². The molecular formula is C26H40O2. The Kier molecular flexibility index (Phi) is 21.2. The topological polar surface area (TPSA) is 37.3 Å². The van der Waals surface area contributed by atoms with Gasteiger partial charge in [0.25, 0.3) is 0 Å². The molecule has 0 aliphatic rings. The summed E-state index contributed by atoms with van der Waals surface area (Å²) in [7, 11) is 0. The fourth-order valence-electron chi connectivity index (χ4n) is 2.75. The molecule has 0 unspecified atom stereocenters. The number of aliphatic carboxylic acids is 1. The zero-order valence-corrected chi connectivity index (χ0v) is 17.8. The molecule has 0 spiro atoms. The highest BCUT2D eigenvalue weighted by Gasteiger charge is 1.92. The van der Waals surface area contributed by atoms with E-state index in [0.29, 0.717) is 0 Å². The zero-order chi connectivity index (χ0) is 20.5. The minimum Gasteiger partial charge on any atom is -0.478 e. The van der Waals surface area contributed by atoms with Crippen LogP contribution in [0.4, 0.5) is 0 Å². The number of allylic oxidation sites excluding steroid dienone is 11. The molecular weight excluding hydrogens is 344 g/mol. The van der Waals surface area contributed by atoms with Gasteiger partial charge in [0.1, 0.15) is 0 Å². The highest BCUT2D eigenvalue weighted by Crippen LogP contribution is 2.11. The summed E-state index contributed by atoms with van der Waals surface area (Å²) in [6, 6.07) is 0. The molecule has 0 atom stereocenters. The predicted octanol–water partition coefficient (Wildman–Crippen LogP) is 8.11. The van der Waals surface area contributed by atoms with E-state index in [1.54, 1.807) is 12.2 Å². The summed E-state index contributed by atoms with van der Waals surface area (Å²) in [6.45, 7) is 2.27. The molecule has 0 saturated carbocycles. The normalized spacial score (nSPS) is 12.9. The van der Waals surface area contributed by atoms with Crippen LogP contribution in [-0.2, 0) is 4.79 Å².